The van der Waals surface area contributed by atoms with Crippen molar-refractivity contribution in [3.05, 3.63) is 88.1 Å². The molecule has 0 aliphatic carbocycles. The number of aromatic nitrogens is 3. The second-order valence-electron chi connectivity index (χ2n) is 6.38. The molecule has 4 rings (SSSR count). The van der Waals surface area contributed by atoms with E-state index in [0.717, 1.165) is 28.8 Å². The number of hydrogen-bond acceptors (Lipinski definition) is 5. The Kier molecular flexibility index (Phi) is 5.00. The van der Waals surface area contributed by atoms with E-state index in [1.807, 2.05) is 36.7 Å². The molecule has 1 atom stereocenters. The van der Waals surface area contributed by atoms with E-state index in [9.17, 15) is 0 Å². The maximum atomic E-state index is 4.71. The zero-order chi connectivity index (χ0) is 17.8. The summed E-state index contributed by atoms with van der Waals surface area (Å²) in [6, 6.07) is 14.5. The second-order valence-corrected chi connectivity index (χ2v) is 7.16. The highest BCUT2D eigenvalue weighted by molar-refractivity contribution is 7.07. The predicted molar refractivity (Wildman–Crippen MR) is 106 cm³/mol. The van der Waals surface area contributed by atoms with Crippen molar-refractivity contribution in [2.24, 2.45) is 0 Å². The van der Waals surface area contributed by atoms with Gasteiger partial charge in [-0.1, -0.05) is 18.2 Å². The van der Waals surface area contributed by atoms with Gasteiger partial charge in [-0.05, 0) is 59.5 Å². The van der Waals surface area contributed by atoms with Crippen LogP contribution < -0.4 is 5.32 Å². The quantitative estimate of drug-likeness (QED) is 0.551. The second kappa shape index (κ2) is 7.72. The lowest BCUT2D eigenvalue weighted by Gasteiger charge is -2.18. The highest BCUT2D eigenvalue weighted by atomic mass is 32.1. The first-order chi connectivity index (χ1) is 12.8. The van der Waals surface area contributed by atoms with Crippen LogP contribution in [0.2, 0.25) is 0 Å². The van der Waals surface area contributed by atoms with Crippen molar-refractivity contribution in [2.45, 2.75) is 25.9 Å². The zero-order valence-corrected chi connectivity index (χ0v) is 15.4. The van der Waals surface area contributed by atoms with Crippen LogP contribution in [0.4, 0.5) is 0 Å². The molecule has 0 amide bonds. The minimum Gasteiger partial charge on any atom is -0.303 e. The minimum absolute atomic E-state index is 0.137. The van der Waals surface area contributed by atoms with Crippen LogP contribution >= 0.6 is 11.3 Å². The Morgan fingerprint density at radius 3 is 2.65 bits per heavy atom. The van der Waals surface area contributed by atoms with Gasteiger partial charge < -0.3 is 5.32 Å². The van der Waals surface area contributed by atoms with Gasteiger partial charge in [-0.2, -0.15) is 11.3 Å². The molecule has 1 aromatic carbocycles. The van der Waals surface area contributed by atoms with Crippen LogP contribution in [0.1, 0.15) is 28.6 Å². The Hall–Kier alpha value is -2.63. The molecule has 3 heterocycles. The van der Waals surface area contributed by atoms with Gasteiger partial charge in [0.2, 0.25) is 0 Å². The molecule has 0 aliphatic heterocycles. The van der Waals surface area contributed by atoms with Crippen molar-refractivity contribution in [2.75, 3.05) is 0 Å². The molecule has 3 aromatic heterocycles. The lowest BCUT2D eigenvalue weighted by Crippen LogP contribution is -2.24. The number of pyridine rings is 1. The molecular formula is C21H20N4S. The molecule has 0 bridgehead atoms. The first kappa shape index (κ1) is 16.8. The van der Waals surface area contributed by atoms with Gasteiger partial charge in [0.05, 0.1) is 34.7 Å². The van der Waals surface area contributed by atoms with E-state index in [4.69, 9.17) is 4.98 Å². The van der Waals surface area contributed by atoms with Crippen LogP contribution in [0.15, 0.2) is 65.6 Å². The topological polar surface area (TPSA) is 50.7 Å². The van der Waals surface area contributed by atoms with E-state index in [-0.39, 0.29) is 6.04 Å². The normalized spacial score (nSPS) is 12.3. The summed E-state index contributed by atoms with van der Waals surface area (Å²) in [6.07, 6.45) is 4.67. The number of thiophene rings is 1. The number of para-hydroxylation sites is 2. The van der Waals surface area contributed by atoms with Crippen molar-refractivity contribution in [1.29, 1.82) is 0 Å². The highest BCUT2D eigenvalue weighted by Gasteiger charge is 2.14. The molecule has 0 spiro atoms. The number of fused-ring (bicyclic) bond motifs is 1. The van der Waals surface area contributed by atoms with Crippen LogP contribution in [0.3, 0.4) is 0 Å². The first-order valence-electron chi connectivity index (χ1n) is 8.65. The van der Waals surface area contributed by atoms with Crippen molar-refractivity contribution in [1.82, 2.24) is 20.3 Å². The van der Waals surface area contributed by atoms with Crippen molar-refractivity contribution in [3.63, 3.8) is 0 Å². The van der Waals surface area contributed by atoms with E-state index >= 15 is 0 Å². The Labute approximate surface area is 157 Å². The largest absolute Gasteiger partial charge is 0.303 e. The van der Waals surface area contributed by atoms with Crippen LogP contribution in [0.25, 0.3) is 11.0 Å². The summed E-state index contributed by atoms with van der Waals surface area (Å²) in [4.78, 5) is 13.8. The number of rotatable bonds is 6. The molecule has 1 unspecified atom stereocenters. The molecule has 0 aliphatic rings. The molecule has 1 N–H and O–H groups in total. The maximum absolute atomic E-state index is 4.71. The molecule has 4 nitrogen and oxygen atoms in total. The molecule has 0 saturated carbocycles. The lowest BCUT2D eigenvalue weighted by molar-refractivity contribution is 0.514. The van der Waals surface area contributed by atoms with Crippen molar-refractivity contribution in [3.8, 4) is 0 Å². The Bertz CT molecular complexity index is 981. The summed E-state index contributed by atoms with van der Waals surface area (Å²) >= 11 is 1.72. The third-order valence-corrected chi connectivity index (χ3v) is 5.07. The van der Waals surface area contributed by atoms with Crippen LogP contribution in [0.5, 0.6) is 0 Å². The Morgan fingerprint density at radius 2 is 1.88 bits per heavy atom. The molecule has 4 aromatic rings. The Balaban J connectivity index is 1.54. The number of nitrogens with zero attached hydrogens (tertiary/aromatic N) is 3. The van der Waals surface area contributed by atoms with Gasteiger partial charge in [0, 0.05) is 12.7 Å². The third-order valence-electron chi connectivity index (χ3n) is 4.34. The van der Waals surface area contributed by atoms with Gasteiger partial charge in [0.15, 0.2) is 0 Å². The van der Waals surface area contributed by atoms with E-state index in [2.05, 4.69) is 51.2 Å². The number of nitrogens with one attached hydrogen (secondary N) is 1. The number of aryl methyl sites for hydroxylation is 1. The van der Waals surface area contributed by atoms with Gasteiger partial charge in [-0.3, -0.25) is 9.97 Å². The summed E-state index contributed by atoms with van der Waals surface area (Å²) < 4.78 is 0. The average Bonchev–Trinajstić information content (AvgIpc) is 3.19. The molecule has 0 saturated heterocycles. The van der Waals surface area contributed by atoms with E-state index in [0.29, 0.717) is 6.54 Å². The molecular weight excluding hydrogens is 340 g/mol. The maximum Gasteiger partial charge on any atom is 0.0890 e. The van der Waals surface area contributed by atoms with Crippen molar-refractivity contribution < 1.29 is 0 Å². The summed E-state index contributed by atoms with van der Waals surface area (Å²) in [5, 5.41) is 7.92. The SMILES string of the molecule is Cc1ccc(C(Cc2ccsc2)NCc2cnc3ccccc3n2)nc1. The lowest BCUT2D eigenvalue weighted by atomic mass is 10.0. The van der Waals surface area contributed by atoms with Gasteiger partial charge in [-0.25, -0.2) is 4.98 Å². The van der Waals surface area contributed by atoms with Gasteiger partial charge in [0.1, 0.15) is 0 Å². The number of benzene rings is 1. The van der Waals surface area contributed by atoms with Gasteiger partial charge >= 0.3 is 0 Å². The van der Waals surface area contributed by atoms with E-state index in [1.54, 1.807) is 11.3 Å². The molecule has 26 heavy (non-hydrogen) atoms. The summed E-state index contributed by atoms with van der Waals surface area (Å²) in [5.41, 5.74) is 6.32. The summed E-state index contributed by atoms with van der Waals surface area (Å²) in [6.45, 7) is 2.71. The molecule has 130 valence electrons. The van der Waals surface area contributed by atoms with Crippen LogP contribution in [-0.2, 0) is 13.0 Å². The highest BCUT2D eigenvalue weighted by Crippen LogP contribution is 2.19. The standard InChI is InChI=1S/C21H20N4S/c1-15-6-7-19(22-11-15)21(10-16-8-9-26-14-16)24-13-17-12-23-18-4-2-3-5-20(18)25-17/h2-9,11-12,14,21,24H,10,13H2,1H3. The first-order valence-corrected chi connectivity index (χ1v) is 9.60. The predicted octanol–water partition coefficient (Wildman–Crippen LogP) is 4.47. The third kappa shape index (κ3) is 3.95. The smallest absolute Gasteiger partial charge is 0.0890 e. The monoisotopic (exact) mass is 360 g/mol. The molecule has 0 radical (unpaired) electrons. The minimum atomic E-state index is 0.137. The summed E-state index contributed by atoms with van der Waals surface area (Å²) in [5.74, 6) is 0. The van der Waals surface area contributed by atoms with Crippen LogP contribution in [-0.4, -0.2) is 15.0 Å². The molecule has 0 fully saturated rings. The fraction of sp³-hybridized carbons (Fsp3) is 0.190. The fourth-order valence-electron chi connectivity index (χ4n) is 2.92. The van der Waals surface area contributed by atoms with Crippen LogP contribution in [0, 0.1) is 6.92 Å². The van der Waals surface area contributed by atoms with Gasteiger partial charge in [0.25, 0.3) is 0 Å². The average molecular weight is 360 g/mol. The van der Waals surface area contributed by atoms with Gasteiger partial charge in [-0.15, -0.1) is 0 Å². The molecule has 5 heteroatoms. The summed E-state index contributed by atoms with van der Waals surface area (Å²) in [7, 11) is 0. The van der Waals surface area contributed by atoms with Crippen molar-refractivity contribution >= 4 is 22.4 Å². The zero-order valence-electron chi connectivity index (χ0n) is 14.6. The number of hydrogen-bond donors (Lipinski definition) is 1. The van der Waals surface area contributed by atoms with E-state index in [1.165, 1.54) is 11.1 Å². The van der Waals surface area contributed by atoms with E-state index < -0.39 is 0 Å². The fourth-order valence-corrected chi connectivity index (χ4v) is 3.60. The Morgan fingerprint density at radius 1 is 1.00 bits per heavy atom.